The summed E-state index contributed by atoms with van der Waals surface area (Å²) in [5.74, 6) is 0.780. The molecule has 0 radical (unpaired) electrons. The normalized spacial score (nSPS) is 15.4. The third-order valence-electron chi connectivity index (χ3n) is 3.56. The van der Waals surface area contributed by atoms with Crippen LogP contribution in [-0.2, 0) is 4.79 Å². The average molecular weight is 263 g/mol. The lowest BCUT2D eigenvalue weighted by atomic mass is 10.0. The van der Waals surface area contributed by atoms with E-state index >= 15 is 0 Å². The molecule has 1 aromatic rings. The Morgan fingerprint density at radius 2 is 2.11 bits per heavy atom. The molecule has 1 aromatic carbocycles. The summed E-state index contributed by atoms with van der Waals surface area (Å²) < 4.78 is 5.42. The summed E-state index contributed by atoms with van der Waals surface area (Å²) in [6.07, 6.45) is 4.16. The van der Waals surface area contributed by atoms with Crippen LogP contribution in [0.5, 0.6) is 5.75 Å². The van der Waals surface area contributed by atoms with Crippen molar-refractivity contribution in [3.8, 4) is 5.75 Å². The van der Waals surface area contributed by atoms with Crippen LogP contribution in [0, 0.1) is 23.0 Å². The number of aryl methyl sites for hydroxylation is 1. The molecule has 5 heteroatoms. The van der Waals surface area contributed by atoms with Gasteiger partial charge >= 0.3 is 0 Å². The molecule has 1 aliphatic rings. The predicted molar refractivity (Wildman–Crippen MR) is 70.3 cm³/mol. The molecule has 0 heterocycles. The highest BCUT2D eigenvalue weighted by atomic mass is 16.6. The average Bonchev–Trinajstić information content (AvgIpc) is 2.89. The minimum absolute atomic E-state index is 0.0575. The van der Waals surface area contributed by atoms with Crippen molar-refractivity contribution in [1.29, 1.82) is 0 Å². The highest BCUT2D eigenvalue weighted by Gasteiger charge is 2.23. The van der Waals surface area contributed by atoms with Crippen LogP contribution in [0.1, 0.15) is 31.2 Å². The summed E-state index contributed by atoms with van der Waals surface area (Å²) in [4.78, 5) is 22.1. The molecule has 5 nitrogen and oxygen atoms in total. The quantitative estimate of drug-likeness (QED) is 0.604. The minimum Gasteiger partial charge on any atom is -0.486 e. The van der Waals surface area contributed by atoms with Crippen LogP contribution in [0.15, 0.2) is 18.2 Å². The van der Waals surface area contributed by atoms with Crippen LogP contribution in [0.2, 0.25) is 0 Å². The number of nitrogens with zero attached hydrogens (tertiary/aromatic N) is 1. The molecule has 0 unspecified atom stereocenters. The highest BCUT2D eigenvalue weighted by Crippen LogP contribution is 2.26. The Labute approximate surface area is 111 Å². The van der Waals surface area contributed by atoms with Gasteiger partial charge in [0.15, 0.2) is 5.78 Å². The van der Waals surface area contributed by atoms with Gasteiger partial charge in [-0.25, -0.2) is 0 Å². The molecule has 0 atom stereocenters. The summed E-state index contributed by atoms with van der Waals surface area (Å²) in [6.45, 7) is 1.71. The lowest BCUT2D eigenvalue weighted by molar-refractivity contribution is -0.385. The Bertz CT molecular complexity index is 492. The van der Waals surface area contributed by atoms with E-state index in [2.05, 4.69) is 0 Å². The number of hydrogen-bond donors (Lipinski definition) is 0. The molecule has 0 spiro atoms. The fourth-order valence-corrected chi connectivity index (χ4v) is 2.44. The van der Waals surface area contributed by atoms with Crippen LogP contribution in [0.3, 0.4) is 0 Å². The SMILES string of the molecule is Cc1cc(OCC(=O)C2CCCC2)ccc1[N+](=O)[O-]. The zero-order valence-electron chi connectivity index (χ0n) is 10.9. The standard InChI is InChI=1S/C14H17NO4/c1-10-8-12(6-7-13(10)15(17)18)19-9-14(16)11-4-2-3-5-11/h6-8,11H,2-5,9H2,1H3. The van der Waals surface area contributed by atoms with Gasteiger partial charge in [-0.05, 0) is 31.9 Å². The van der Waals surface area contributed by atoms with E-state index in [1.165, 1.54) is 12.1 Å². The van der Waals surface area contributed by atoms with Crippen LogP contribution in [0.25, 0.3) is 0 Å². The first-order chi connectivity index (χ1) is 9.08. The van der Waals surface area contributed by atoms with Gasteiger partial charge in [0.1, 0.15) is 12.4 Å². The van der Waals surface area contributed by atoms with E-state index in [1.807, 2.05) is 0 Å². The van der Waals surface area contributed by atoms with Gasteiger partial charge in [-0.2, -0.15) is 0 Å². The van der Waals surface area contributed by atoms with Crippen molar-refractivity contribution in [1.82, 2.24) is 0 Å². The number of nitro groups is 1. The fourth-order valence-electron chi connectivity index (χ4n) is 2.44. The number of Topliss-reactive ketones (excluding diaryl/α,β-unsaturated/α-hetero) is 1. The van der Waals surface area contributed by atoms with Crippen molar-refractivity contribution in [2.45, 2.75) is 32.6 Å². The summed E-state index contributed by atoms with van der Waals surface area (Å²) in [7, 11) is 0. The molecule has 19 heavy (non-hydrogen) atoms. The number of benzene rings is 1. The molecule has 0 bridgehead atoms. The van der Waals surface area contributed by atoms with Crippen molar-refractivity contribution in [3.05, 3.63) is 33.9 Å². The van der Waals surface area contributed by atoms with E-state index in [0.29, 0.717) is 11.3 Å². The molecule has 102 valence electrons. The Kier molecular flexibility index (Phi) is 4.14. The van der Waals surface area contributed by atoms with Gasteiger partial charge in [0.05, 0.1) is 4.92 Å². The molecular weight excluding hydrogens is 246 g/mol. The molecule has 1 fully saturated rings. The van der Waals surface area contributed by atoms with E-state index in [1.54, 1.807) is 13.0 Å². The smallest absolute Gasteiger partial charge is 0.272 e. The molecule has 1 saturated carbocycles. The summed E-state index contributed by atoms with van der Waals surface area (Å²) in [6, 6.07) is 4.54. The second-order valence-electron chi connectivity index (χ2n) is 4.94. The Morgan fingerprint density at radius 1 is 1.42 bits per heavy atom. The first-order valence-electron chi connectivity index (χ1n) is 6.48. The van der Waals surface area contributed by atoms with Crippen molar-refractivity contribution in [2.75, 3.05) is 6.61 Å². The number of ketones is 1. The van der Waals surface area contributed by atoms with Gasteiger partial charge in [-0.3, -0.25) is 14.9 Å². The molecule has 1 aliphatic carbocycles. The Hall–Kier alpha value is -1.91. The Balaban J connectivity index is 1.94. The van der Waals surface area contributed by atoms with Gasteiger partial charge in [-0.1, -0.05) is 12.8 Å². The number of rotatable bonds is 5. The fraction of sp³-hybridized carbons (Fsp3) is 0.500. The molecular formula is C14H17NO4. The van der Waals surface area contributed by atoms with E-state index < -0.39 is 4.92 Å². The topological polar surface area (TPSA) is 69.4 Å². The second-order valence-corrected chi connectivity index (χ2v) is 4.94. The summed E-state index contributed by atoms with van der Waals surface area (Å²) in [5, 5.41) is 10.7. The van der Waals surface area contributed by atoms with Crippen molar-refractivity contribution in [3.63, 3.8) is 0 Å². The van der Waals surface area contributed by atoms with E-state index in [4.69, 9.17) is 4.74 Å². The largest absolute Gasteiger partial charge is 0.486 e. The maximum absolute atomic E-state index is 11.8. The van der Waals surface area contributed by atoms with Gasteiger partial charge in [-0.15, -0.1) is 0 Å². The molecule has 0 N–H and O–H groups in total. The molecule has 0 aliphatic heterocycles. The second kappa shape index (κ2) is 5.82. The minimum atomic E-state index is -0.428. The van der Waals surface area contributed by atoms with Crippen molar-refractivity contribution < 1.29 is 14.5 Å². The molecule has 0 aromatic heterocycles. The highest BCUT2D eigenvalue weighted by molar-refractivity contribution is 5.82. The maximum Gasteiger partial charge on any atom is 0.272 e. The summed E-state index contributed by atoms with van der Waals surface area (Å²) in [5.41, 5.74) is 0.602. The molecule has 0 saturated heterocycles. The third kappa shape index (κ3) is 3.30. The zero-order valence-corrected chi connectivity index (χ0v) is 10.9. The van der Waals surface area contributed by atoms with Gasteiger partial charge in [0, 0.05) is 17.5 Å². The Morgan fingerprint density at radius 3 is 2.68 bits per heavy atom. The van der Waals surface area contributed by atoms with E-state index in [9.17, 15) is 14.9 Å². The van der Waals surface area contributed by atoms with Gasteiger partial charge in [0.2, 0.25) is 0 Å². The number of nitro benzene ring substituents is 1. The number of carbonyl (C=O) groups is 1. The van der Waals surface area contributed by atoms with Crippen LogP contribution >= 0.6 is 0 Å². The third-order valence-corrected chi connectivity index (χ3v) is 3.56. The molecule has 2 rings (SSSR count). The van der Waals surface area contributed by atoms with Crippen LogP contribution in [-0.4, -0.2) is 17.3 Å². The van der Waals surface area contributed by atoms with Crippen molar-refractivity contribution >= 4 is 11.5 Å². The first-order valence-corrected chi connectivity index (χ1v) is 6.48. The number of ether oxygens (including phenoxy) is 1. The number of carbonyl (C=O) groups excluding carboxylic acids is 1. The summed E-state index contributed by atoms with van der Waals surface area (Å²) >= 11 is 0. The number of hydrogen-bond acceptors (Lipinski definition) is 4. The van der Waals surface area contributed by atoms with E-state index in [-0.39, 0.29) is 24.0 Å². The first kappa shape index (κ1) is 13.5. The zero-order chi connectivity index (χ0) is 13.8. The van der Waals surface area contributed by atoms with Gasteiger partial charge < -0.3 is 4.74 Å². The van der Waals surface area contributed by atoms with Crippen molar-refractivity contribution in [2.24, 2.45) is 5.92 Å². The lowest BCUT2D eigenvalue weighted by Crippen LogP contribution is -2.19. The van der Waals surface area contributed by atoms with E-state index in [0.717, 1.165) is 25.7 Å². The predicted octanol–water partition coefficient (Wildman–Crippen LogP) is 3.04. The van der Waals surface area contributed by atoms with Crippen LogP contribution in [0.4, 0.5) is 5.69 Å². The monoisotopic (exact) mass is 263 g/mol. The molecule has 0 amide bonds. The van der Waals surface area contributed by atoms with Gasteiger partial charge in [0.25, 0.3) is 5.69 Å². The van der Waals surface area contributed by atoms with Crippen LogP contribution < -0.4 is 4.74 Å². The maximum atomic E-state index is 11.8. The lowest BCUT2D eigenvalue weighted by Gasteiger charge is -2.10.